The lowest BCUT2D eigenvalue weighted by molar-refractivity contribution is -0.137. The van der Waals surface area contributed by atoms with E-state index in [4.69, 9.17) is 9.47 Å². The Morgan fingerprint density at radius 3 is 2.29 bits per heavy atom. The van der Waals surface area contributed by atoms with Gasteiger partial charge in [-0.25, -0.2) is 4.98 Å². The topological polar surface area (TPSA) is 31.4 Å². The van der Waals surface area contributed by atoms with Crippen LogP contribution in [0.4, 0.5) is 13.2 Å². The Morgan fingerprint density at radius 1 is 1.10 bits per heavy atom. The molecule has 0 aliphatic rings. The van der Waals surface area contributed by atoms with Gasteiger partial charge in [-0.05, 0) is 39.7 Å². The molecule has 0 amide bonds. The Morgan fingerprint density at radius 2 is 1.76 bits per heavy atom. The highest BCUT2D eigenvalue weighted by Crippen LogP contribution is 2.29. The molecule has 0 atom stereocenters. The summed E-state index contributed by atoms with van der Waals surface area (Å²) in [5.74, 6) is 0.916. The summed E-state index contributed by atoms with van der Waals surface area (Å²) in [7, 11) is 1.52. The van der Waals surface area contributed by atoms with Gasteiger partial charge in [0, 0.05) is 6.07 Å². The summed E-state index contributed by atoms with van der Waals surface area (Å²) < 4.78 is 48.2. The summed E-state index contributed by atoms with van der Waals surface area (Å²) in [4.78, 5) is 4.11. The number of halogens is 4. The number of benzene rings is 1. The number of rotatable bonds is 4. The van der Waals surface area contributed by atoms with E-state index in [0.717, 1.165) is 12.1 Å². The van der Waals surface area contributed by atoms with E-state index in [2.05, 4.69) is 20.9 Å². The van der Waals surface area contributed by atoms with E-state index < -0.39 is 11.7 Å². The first-order valence-electron chi connectivity index (χ1n) is 5.89. The number of ether oxygens (including phenoxy) is 2. The number of pyridine rings is 1. The minimum absolute atomic E-state index is 0.129. The zero-order valence-electron chi connectivity index (χ0n) is 10.9. The smallest absolute Gasteiger partial charge is 0.416 e. The largest absolute Gasteiger partial charge is 0.494 e. The van der Waals surface area contributed by atoms with Gasteiger partial charge < -0.3 is 9.47 Å². The molecule has 0 N–H and O–H groups in total. The number of alkyl halides is 3. The van der Waals surface area contributed by atoms with Crippen LogP contribution in [0.2, 0.25) is 0 Å². The molecule has 0 radical (unpaired) electrons. The molecule has 3 nitrogen and oxygen atoms in total. The van der Waals surface area contributed by atoms with Gasteiger partial charge in [-0.1, -0.05) is 12.1 Å². The van der Waals surface area contributed by atoms with E-state index in [1.54, 1.807) is 12.1 Å². The second-order valence-corrected chi connectivity index (χ2v) is 4.88. The maximum Gasteiger partial charge on any atom is 0.416 e. The molecule has 1 aromatic heterocycles. The fourth-order valence-corrected chi connectivity index (χ4v) is 2.05. The minimum Gasteiger partial charge on any atom is -0.494 e. The van der Waals surface area contributed by atoms with Gasteiger partial charge in [0.25, 0.3) is 0 Å². The highest BCUT2D eigenvalue weighted by atomic mass is 79.9. The molecule has 2 rings (SSSR count). The molecule has 0 spiro atoms. The average Bonchev–Trinajstić information content (AvgIpc) is 2.45. The van der Waals surface area contributed by atoms with Gasteiger partial charge in [0.15, 0.2) is 10.4 Å². The van der Waals surface area contributed by atoms with Gasteiger partial charge in [0.1, 0.15) is 6.61 Å². The van der Waals surface area contributed by atoms with Crippen LogP contribution < -0.4 is 9.47 Å². The van der Waals surface area contributed by atoms with Crippen molar-refractivity contribution in [2.45, 2.75) is 12.8 Å². The summed E-state index contributed by atoms with van der Waals surface area (Å²) in [6.07, 6.45) is -4.33. The first kappa shape index (κ1) is 15.6. The van der Waals surface area contributed by atoms with Crippen LogP contribution in [0.5, 0.6) is 11.6 Å². The fourth-order valence-electron chi connectivity index (χ4n) is 1.58. The Hall–Kier alpha value is -1.76. The molecule has 0 fully saturated rings. The molecule has 0 aliphatic carbocycles. The third kappa shape index (κ3) is 4.10. The van der Waals surface area contributed by atoms with Crippen LogP contribution in [-0.2, 0) is 12.8 Å². The first-order valence-corrected chi connectivity index (χ1v) is 6.69. The molecule has 0 bridgehead atoms. The van der Waals surface area contributed by atoms with Gasteiger partial charge >= 0.3 is 6.18 Å². The Bertz CT molecular complexity index is 615. The Balaban J connectivity index is 2.01. The van der Waals surface area contributed by atoms with E-state index in [0.29, 0.717) is 21.8 Å². The van der Waals surface area contributed by atoms with Crippen molar-refractivity contribution in [1.29, 1.82) is 0 Å². The minimum atomic E-state index is -4.33. The highest BCUT2D eigenvalue weighted by Gasteiger charge is 2.29. The first-order chi connectivity index (χ1) is 9.90. The van der Waals surface area contributed by atoms with Crippen molar-refractivity contribution < 1.29 is 22.6 Å². The van der Waals surface area contributed by atoms with Crippen LogP contribution in [0.3, 0.4) is 0 Å². The zero-order valence-corrected chi connectivity index (χ0v) is 12.5. The summed E-state index contributed by atoms with van der Waals surface area (Å²) in [5, 5.41) is 0. The molecule has 0 unspecified atom stereocenters. The van der Waals surface area contributed by atoms with Crippen LogP contribution in [-0.4, -0.2) is 12.1 Å². The van der Waals surface area contributed by atoms with Crippen molar-refractivity contribution in [2.24, 2.45) is 0 Å². The van der Waals surface area contributed by atoms with Crippen LogP contribution in [0.15, 0.2) is 41.0 Å². The Kier molecular flexibility index (Phi) is 4.72. The third-order valence-electron chi connectivity index (χ3n) is 2.68. The lowest BCUT2D eigenvalue weighted by Gasteiger charge is -2.09. The summed E-state index contributed by atoms with van der Waals surface area (Å²) in [5.41, 5.74) is -0.0618. The molecule has 0 aliphatic heterocycles. The van der Waals surface area contributed by atoms with Gasteiger partial charge in [-0.3, -0.25) is 0 Å². The molecule has 7 heteroatoms. The van der Waals surface area contributed by atoms with Crippen molar-refractivity contribution in [3.8, 4) is 11.6 Å². The number of aromatic nitrogens is 1. The van der Waals surface area contributed by atoms with Crippen molar-refractivity contribution >= 4 is 15.9 Å². The molecule has 0 saturated carbocycles. The fraction of sp³-hybridized carbons (Fsp3) is 0.214. The van der Waals surface area contributed by atoms with Crippen LogP contribution in [0.1, 0.15) is 11.1 Å². The highest BCUT2D eigenvalue weighted by molar-refractivity contribution is 9.10. The molecule has 21 heavy (non-hydrogen) atoms. The molecular weight excluding hydrogens is 351 g/mol. The number of nitrogens with zero attached hydrogens (tertiary/aromatic N) is 1. The average molecular weight is 362 g/mol. The van der Waals surface area contributed by atoms with Gasteiger partial charge in [0.2, 0.25) is 5.88 Å². The van der Waals surface area contributed by atoms with Crippen molar-refractivity contribution in [2.75, 3.05) is 7.11 Å². The Labute approximate surface area is 127 Å². The van der Waals surface area contributed by atoms with Crippen molar-refractivity contribution in [3.63, 3.8) is 0 Å². The normalized spacial score (nSPS) is 11.3. The SMILES string of the molecule is COc1ccc(OCc2ccc(C(F)(F)F)cc2)nc1Br. The summed E-state index contributed by atoms with van der Waals surface area (Å²) >= 11 is 3.22. The maximum atomic E-state index is 12.4. The van der Waals surface area contributed by atoms with Crippen molar-refractivity contribution in [3.05, 3.63) is 52.1 Å². The van der Waals surface area contributed by atoms with Crippen molar-refractivity contribution in [1.82, 2.24) is 4.98 Å². The predicted octanol–water partition coefficient (Wildman–Crippen LogP) is 4.45. The monoisotopic (exact) mass is 361 g/mol. The molecule has 1 heterocycles. The second kappa shape index (κ2) is 6.34. The van der Waals surface area contributed by atoms with E-state index in [1.807, 2.05) is 0 Å². The van der Waals surface area contributed by atoms with E-state index in [1.165, 1.54) is 19.2 Å². The molecule has 0 saturated heterocycles. The number of methoxy groups -OCH3 is 1. The molecule has 112 valence electrons. The van der Waals surface area contributed by atoms with Gasteiger partial charge in [0.05, 0.1) is 12.7 Å². The van der Waals surface area contributed by atoms with Crippen LogP contribution in [0, 0.1) is 0 Å². The quantitative estimate of drug-likeness (QED) is 0.753. The second-order valence-electron chi connectivity index (χ2n) is 4.13. The molecular formula is C14H11BrF3NO2. The summed E-state index contributed by atoms with van der Waals surface area (Å²) in [6.45, 7) is 0.129. The number of hydrogen-bond donors (Lipinski definition) is 0. The molecule has 1 aromatic carbocycles. The zero-order chi connectivity index (χ0) is 15.5. The lowest BCUT2D eigenvalue weighted by atomic mass is 10.1. The standard InChI is InChI=1S/C14H11BrF3NO2/c1-20-11-6-7-12(19-13(11)15)21-8-9-2-4-10(5-3-9)14(16,17)18/h2-7H,8H2,1H3. The maximum absolute atomic E-state index is 12.4. The third-order valence-corrected chi connectivity index (χ3v) is 3.24. The molecule has 2 aromatic rings. The summed E-state index contributed by atoms with van der Waals surface area (Å²) in [6, 6.07) is 8.10. The van der Waals surface area contributed by atoms with Crippen LogP contribution in [0.25, 0.3) is 0 Å². The van der Waals surface area contributed by atoms with E-state index in [9.17, 15) is 13.2 Å². The van der Waals surface area contributed by atoms with E-state index >= 15 is 0 Å². The van der Waals surface area contributed by atoms with E-state index in [-0.39, 0.29) is 6.61 Å². The predicted molar refractivity (Wildman–Crippen MR) is 74.3 cm³/mol. The lowest BCUT2D eigenvalue weighted by Crippen LogP contribution is -2.05. The number of hydrogen-bond acceptors (Lipinski definition) is 3. The van der Waals surface area contributed by atoms with Gasteiger partial charge in [-0.2, -0.15) is 13.2 Å². The van der Waals surface area contributed by atoms with Gasteiger partial charge in [-0.15, -0.1) is 0 Å². The van der Waals surface area contributed by atoms with Crippen LogP contribution >= 0.6 is 15.9 Å².